The minimum Gasteiger partial charge on any atom is -0.122 e. The summed E-state index contributed by atoms with van der Waals surface area (Å²) >= 11 is 8.98. The zero-order chi connectivity index (χ0) is 8.81. The molecule has 62 valence electrons. The zero-order valence-electron chi connectivity index (χ0n) is 6.48. The second-order valence-corrected chi connectivity index (χ2v) is 3.05. The summed E-state index contributed by atoms with van der Waals surface area (Å²) in [6, 6.07) is 7.91. The van der Waals surface area contributed by atoms with Crippen LogP contribution >= 0.6 is 27.5 Å². The van der Waals surface area contributed by atoms with Crippen molar-refractivity contribution in [3.8, 4) is 11.8 Å². The molecule has 2 heteroatoms. The molecule has 0 saturated carbocycles. The molecule has 1 rings (SSSR count). The van der Waals surface area contributed by atoms with Crippen molar-refractivity contribution in [1.29, 1.82) is 0 Å². The summed E-state index contributed by atoms with van der Waals surface area (Å²) in [6.07, 6.45) is 0. The molecule has 1 aromatic rings. The van der Waals surface area contributed by atoms with Crippen LogP contribution in [0.4, 0.5) is 0 Å². The van der Waals surface area contributed by atoms with Crippen LogP contribution < -0.4 is 0 Å². The molecule has 0 nitrogen and oxygen atoms in total. The fourth-order valence-electron chi connectivity index (χ4n) is 0.887. The molecular formula is C10H8BrCl. The Morgan fingerprint density at radius 3 is 2.75 bits per heavy atom. The van der Waals surface area contributed by atoms with Crippen LogP contribution in [0, 0.1) is 11.8 Å². The van der Waals surface area contributed by atoms with Gasteiger partial charge in [-0.05, 0) is 11.6 Å². The molecule has 0 radical (unpaired) electrons. The highest BCUT2D eigenvalue weighted by molar-refractivity contribution is 9.09. The molecule has 12 heavy (non-hydrogen) atoms. The largest absolute Gasteiger partial charge is 0.122 e. The zero-order valence-corrected chi connectivity index (χ0v) is 8.82. The molecule has 0 atom stereocenters. The Labute approximate surface area is 86.1 Å². The van der Waals surface area contributed by atoms with Gasteiger partial charge in [-0.3, -0.25) is 0 Å². The van der Waals surface area contributed by atoms with E-state index in [0.717, 1.165) is 11.1 Å². The highest BCUT2D eigenvalue weighted by atomic mass is 79.9. The summed E-state index contributed by atoms with van der Waals surface area (Å²) in [5, 5.41) is 0.698. The van der Waals surface area contributed by atoms with Crippen LogP contribution in [0.2, 0.25) is 0 Å². The Kier molecular flexibility index (Phi) is 4.21. The molecule has 0 N–H and O–H groups in total. The maximum Gasteiger partial charge on any atom is 0.0649 e. The third-order valence-corrected chi connectivity index (χ3v) is 2.02. The van der Waals surface area contributed by atoms with Gasteiger partial charge in [0.1, 0.15) is 0 Å². The van der Waals surface area contributed by atoms with Crippen LogP contribution in [0.1, 0.15) is 11.1 Å². The molecule has 0 aliphatic carbocycles. The normalized spacial score (nSPS) is 8.83. The summed E-state index contributed by atoms with van der Waals surface area (Å²) in [5.74, 6) is 6.50. The van der Waals surface area contributed by atoms with Gasteiger partial charge in [0.05, 0.1) is 5.33 Å². The third-order valence-electron chi connectivity index (χ3n) is 1.45. The minimum atomic E-state index is 0.521. The molecule has 1 aromatic carbocycles. The van der Waals surface area contributed by atoms with Gasteiger partial charge < -0.3 is 0 Å². The minimum absolute atomic E-state index is 0.521. The van der Waals surface area contributed by atoms with Crippen LogP contribution in [0.15, 0.2) is 24.3 Å². The lowest BCUT2D eigenvalue weighted by Crippen LogP contribution is -1.84. The second kappa shape index (κ2) is 5.24. The van der Waals surface area contributed by atoms with Crippen LogP contribution in [0.25, 0.3) is 0 Å². The molecule has 0 unspecified atom stereocenters. The quantitative estimate of drug-likeness (QED) is 0.525. The molecule has 0 amide bonds. The highest BCUT2D eigenvalue weighted by Crippen LogP contribution is 2.09. The fraction of sp³-hybridized carbons (Fsp3) is 0.200. The van der Waals surface area contributed by atoms with E-state index in [1.54, 1.807) is 0 Å². The van der Waals surface area contributed by atoms with E-state index in [9.17, 15) is 0 Å². The first-order valence-corrected chi connectivity index (χ1v) is 5.22. The van der Waals surface area contributed by atoms with Gasteiger partial charge in [0.25, 0.3) is 0 Å². The molecule has 0 aliphatic rings. The standard InChI is InChI=1S/C10H8BrCl/c11-7-3-6-9-4-1-2-5-10(9)8-12/h1-2,4-5H,7-8H2. The highest BCUT2D eigenvalue weighted by Gasteiger charge is 1.94. The summed E-state index contributed by atoms with van der Waals surface area (Å²) < 4.78 is 0. The van der Waals surface area contributed by atoms with Gasteiger partial charge in [0, 0.05) is 11.4 Å². The number of benzene rings is 1. The van der Waals surface area contributed by atoms with Gasteiger partial charge in [-0.1, -0.05) is 46.0 Å². The molecule has 0 saturated heterocycles. The molecule has 0 aliphatic heterocycles. The Morgan fingerprint density at radius 2 is 2.08 bits per heavy atom. The average molecular weight is 244 g/mol. The van der Waals surface area contributed by atoms with E-state index in [-0.39, 0.29) is 0 Å². The van der Waals surface area contributed by atoms with Crippen molar-refractivity contribution in [1.82, 2.24) is 0 Å². The summed E-state index contributed by atoms with van der Waals surface area (Å²) in [6.45, 7) is 0. The Balaban J connectivity index is 2.97. The van der Waals surface area contributed by atoms with Crippen LogP contribution in [0.5, 0.6) is 0 Å². The lowest BCUT2D eigenvalue weighted by molar-refractivity contribution is 1.37. The lowest BCUT2D eigenvalue weighted by atomic mass is 10.1. The van der Waals surface area contributed by atoms with Gasteiger partial charge in [-0.2, -0.15) is 0 Å². The van der Waals surface area contributed by atoms with Crippen molar-refractivity contribution in [2.75, 3.05) is 5.33 Å². The van der Waals surface area contributed by atoms with Gasteiger partial charge in [0.15, 0.2) is 0 Å². The second-order valence-electron chi connectivity index (χ2n) is 2.23. The van der Waals surface area contributed by atoms with Crippen molar-refractivity contribution in [2.24, 2.45) is 0 Å². The Hall–Kier alpha value is -0.450. The molecular weight excluding hydrogens is 235 g/mol. The number of hydrogen-bond donors (Lipinski definition) is 0. The third kappa shape index (κ3) is 2.55. The fourth-order valence-corrected chi connectivity index (χ4v) is 1.26. The van der Waals surface area contributed by atoms with Gasteiger partial charge in [-0.25, -0.2) is 0 Å². The molecule has 0 heterocycles. The van der Waals surface area contributed by atoms with Crippen molar-refractivity contribution in [3.63, 3.8) is 0 Å². The molecule has 0 aromatic heterocycles. The van der Waals surface area contributed by atoms with Crippen LogP contribution in [0.3, 0.4) is 0 Å². The molecule has 0 fully saturated rings. The van der Waals surface area contributed by atoms with E-state index in [0.29, 0.717) is 11.2 Å². The predicted octanol–water partition coefficient (Wildman–Crippen LogP) is 3.17. The van der Waals surface area contributed by atoms with Crippen molar-refractivity contribution < 1.29 is 0 Å². The van der Waals surface area contributed by atoms with E-state index in [4.69, 9.17) is 11.6 Å². The van der Waals surface area contributed by atoms with Crippen LogP contribution in [-0.4, -0.2) is 5.33 Å². The van der Waals surface area contributed by atoms with E-state index in [1.807, 2.05) is 24.3 Å². The number of hydrogen-bond acceptors (Lipinski definition) is 0. The maximum atomic E-state index is 5.73. The molecule has 0 spiro atoms. The average Bonchev–Trinajstić information content (AvgIpc) is 2.15. The van der Waals surface area contributed by atoms with E-state index in [2.05, 4.69) is 27.8 Å². The maximum absolute atomic E-state index is 5.73. The van der Waals surface area contributed by atoms with Crippen LogP contribution in [-0.2, 0) is 5.88 Å². The van der Waals surface area contributed by atoms with Gasteiger partial charge in [-0.15, -0.1) is 11.6 Å². The summed E-state index contributed by atoms with van der Waals surface area (Å²) in [7, 11) is 0. The first-order valence-electron chi connectivity index (χ1n) is 3.57. The van der Waals surface area contributed by atoms with Crippen molar-refractivity contribution >= 4 is 27.5 Å². The lowest BCUT2D eigenvalue weighted by Gasteiger charge is -1.97. The topological polar surface area (TPSA) is 0 Å². The van der Waals surface area contributed by atoms with Crippen molar-refractivity contribution in [2.45, 2.75) is 5.88 Å². The predicted molar refractivity (Wildman–Crippen MR) is 56.7 cm³/mol. The smallest absolute Gasteiger partial charge is 0.0649 e. The number of rotatable bonds is 1. The first-order chi connectivity index (χ1) is 5.88. The van der Waals surface area contributed by atoms with Gasteiger partial charge >= 0.3 is 0 Å². The number of alkyl halides is 2. The monoisotopic (exact) mass is 242 g/mol. The van der Waals surface area contributed by atoms with E-state index >= 15 is 0 Å². The van der Waals surface area contributed by atoms with E-state index in [1.165, 1.54) is 0 Å². The summed E-state index contributed by atoms with van der Waals surface area (Å²) in [5.41, 5.74) is 2.11. The summed E-state index contributed by atoms with van der Waals surface area (Å²) in [4.78, 5) is 0. The SMILES string of the molecule is ClCc1ccccc1C#CCBr. The van der Waals surface area contributed by atoms with Crippen molar-refractivity contribution in [3.05, 3.63) is 35.4 Å². The Morgan fingerprint density at radius 1 is 1.33 bits per heavy atom. The Bertz CT molecular complexity index is 309. The van der Waals surface area contributed by atoms with E-state index < -0.39 is 0 Å². The number of halogens is 2. The van der Waals surface area contributed by atoms with Gasteiger partial charge in [0.2, 0.25) is 0 Å². The first kappa shape index (κ1) is 9.64. The molecule has 0 bridgehead atoms.